The van der Waals surface area contributed by atoms with Crippen molar-refractivity contribution in [3.05, 3.63) is 174 Å². The van der Waals surface area contributed by atoms with Crippen molar-refractivity contribution in [2.75, 3.05) is 12.0 Å². The zero-order chi connectivity index (χ0) is 31.3. The van der Waals surface area contributed by atoms with Crippen molar-refractivity contribution >= 4 is 32.8 Å². The number of thiazole rings is 1. The molecule has 0 unspecified atom stereocenters. The maximum Gasteiger partial charge on any atom is 0.421 e. The third-order valence-corrected chi connectivity index (χ3v) is 8.94. The van der Waals surface area contributed by atoms with Crippen LogP contribution in [0.25, 0.3) is 10.2 Å². The molecule has 0 radical (unpaired) electrons. The van der Waals surface area contributed by atoms with Crippen LogP contribution in [-0.2, 0) is 12.1 Å². The molecule has 7 aromatic rings. The van der Waals surface area contributed by atoms with Gasteiger partial charge in [0.05, 0.1) is 35.9 Å². The van der Waals surface area contributed by atoms with E-state index in [1.807, 2.05) is 67.1 Å². The van der Waals surface area contributed by atoms with Crippen LogP contribution in [0.2, 0.25) is 0 Å². The summed E-state index contributed by atoms with van der Waals surface area (Å²) in [7, 11) is 1.63. The number of hydrogen-bond acceptors (Lipinski definition) is 6. The van der Waals surface area contributed by atoms with Crippen LogP contribution in [0.1, 0.15) is 22.4 Å². The van der Waals surface area contributed by atoms with Crippen LogP contribution in [0.4, 0.5) is 9.93 Å². The normalized spacial score (nSPS) is 11.3. The van der Waals surface area contributed by atoms with Crippen molar-refractivity contribution in [1.82, 2.24) is 14.5 Å². The molecule has 226 valence electrons. The summed E-state index contributed by atoms with van der Waals surface area (Å²) < 4.78 is 14.3. The van der Waals surface area contributed by atoms with Crippen LogP contribution in [0, 0.1) is 0 Å². The van der Waals surface area contributed by atoms with Gasteiger partial charge in [0.1, 0.15) is 17.0 Å². The van der Waals surface area contributed by atoms with Crippen LogP contribution in [0.3, 0.4) is 0 Å². The minimum absolute atomic E-state index is 0.143. The number of fused-ring (bicyclic) bond motifs is 1. The number of carbonyl (C=O) groups excluding carboxylic acids is 1. The van der Waals surface area contributed by atoms with E-state index < -0.39 is 11.6 Å². The van der Waals surface area contributed by atoms with E-state index in [0.29, 0.717) is 16.6 Å². The maximum atomic E-state index is 13.8. The fourth-order valence-corrected chi connectivity index (χ4v) is 6.75. The molecule has 0 aliphatic carbocycles. The predicted molar refractivity (Wildman–Crippen MR) is 182 cm³/mol. The molecule has 2 heterocycles. The zero-order valence-electron chi connectivity index (χ0n) is 25.1. The Hall–Kier alpha value is -5.73. The molecule has 5 aromatic carbocycles. The number of para-hydroxylation sites is 1. The topological polar surface area (TPSA) is 69.5 Å². The molecule has 7 nitrogen and oxygen atoms in total. The average Bonchev–Trinajstić information content (AvgIpc) is 3.76. The monoisotopic (exact) mass is 622 g/mol. The molecule has 0 N–H and O–H groups in total. The van der Waals surface area contributed by atoms with Gasteiger partial charge in [0, 0.05) is 6.20 Å². The van der Waals surface area contributed by atoms with Crippen molar-refractivity contribution in [3.63, 3.8) is 0 Å². The molecule has 0 saturated heterocycles. The van der Waals surface area contributed by atoms with Gasteiger partial charge < -0.3 is 14.0 Å². The number of ether oxygens (including phenoxy) is 2. The van der Waals surface area contributed by atoms with Gasteiger partial charge in [-0.05, 0) is 47.0 Å². The Balaban J connectivity index is 1.33. The van der Waals surface area contributed by atoms with Crippen molar-refractivity contribution in [3.8, 4) is 11.5 Å². The lowest BCUT2D eigenvalue weighted by atomic mass is 9.77. The molecule has 0 bridgehead atoms. The number of carbonyl (C=O) groups is 1. The van der Waals surface area contributed by atoms with Crippen LogP contribution in [0.5, 0.6) is 11.5 Å². The molecule has 8 heteroatoms. The molecule has 0 fully saturated rings. The van der Waals surface area contributed by atoms with E-state index in [0.717, 1.165) is 32.7 Å². The lowest BCUT2D eigenvalue weighted by molar-refractivity contribution is 0.207. The lowest BCUT2D eigenvalue weighted by Gasteiger charge is -2.37. The highest BCUT2D eigenvalue weighted by atomic mass is 32.1. The van der Waals surface area contributed by atoms with E-state index in [1.54, 1.807) is 19.2 Å². The SMILES string of the molecule is COc1ccc2nc(N(Cc3cn(C(c4ccccc4)(c4ccccc4)c4ccccc4)cn3)C(=O)Oc3ccccc3)sc2c1. The molecule has 46 heavy (non-hydrogen) atoms. The fraction of sp³-hybridized carbons (Fsp3) is 0.0789. The molecular formula is C38H30N4O3S. The fourth-order valence-electron chi connectivity index (χ4n) is 5.77. The largest absolute Gasteiger partial charge is 0.497 e. The van der Waals surface area contributed by atoms with Gasteiger partial charge in [0.25, 0.3) is 0 Å². The predicted octanol–water partition coefficient (Wildman–Crippen LogP) is 8.55. The summed E-state index contributed by atoms with van der Waals surface area (Å²) >= 11 is 1.40. The summed E-state index contributed by atoms with van der Waals surface area (Å²) in [6.45, 7) is 0.143. The molecule has 0 aliphatic heterocycles. The first-order valence-corrected chi connectivity index (χ1v) is 15.7. The van der Waals surface area contributed by atoms with Crippen molar-refractivity contribution < 1.29 is 14.3 Å². The summed E-state index contributed by atoms with van der Waals surface area (Å²) in [6.07, 6.45) is 3.30. The standard InChI is InChI=1S/C38H30N4O3S/c1-44-33-22-23-34-35(24-33)46-36(40-34)42(37(43)45-32-20-12-5-13-21-32)26-31-25-41(27-39-31)38(28-14-6-2-7-15-28,29-16-8-3-9-17-29)30-18-10-4-11-19-30/h2-25,27H,26H2,1H3. The summed E-state index contributed by atoms with van der Waals surface area (Å²) in [5, 5.41) is 0.499. The second-order valence-corrected chi connectivity index (χ2v) is 11.7. The quantitative estimate of drug-likeness (QED) is 0.151. The number of amides is 1. The molecule has 0 aliphatic rings. The number of hydrogen-bond donors (Lipinski definition) is 0. The molecule has 0 spiro atoms. The van der Waals surface area contributed by atoms with Gasteiger partial charge >= 0.3 is 6.09 Å². The Morgan fingerprint density at radius 3 is 1.89 bits per heavy atom. The van der Waals surface area contributed by atoms with Crippen molar-refractivity contribution in [2.24, 2.45) is 0 Å². The third kappa shape index (κ3) is 5.50. The van der Waals surface area contributed by atoms with E-state index in [-0.39, 0.29) is 6.54 Å². The van der Waals surface area contributed by atoms with Gasteiger partial charge in [0.2, 0.25) is 0 Å². The maximum absolute atomic E-state index is 13.8. The van der Waals surface area contributed by atoms with Gasteiger partial charge in [-0.1, -0.05) is 121 Å². The van der Waals surface area contributed by atoms with Gasteiger partial charge in [-0.3, -0.25) is 0 Å². The molecular weight excluding hydrogens is 593 g/mol. The van der Waals surface area contributed by atoms with E-state index in [1.165, 1.54) is 16.2 Å². The van der Waals surface area contributed by atoms with Gasteiger partial charge in [-0.25, -0.2) is 19.7 Å². The van der Waals surface area contributed by atoms with Crippen LogP contribution < -0.4 is 14.4 Å². The average molecular weight is 623 g/mol. The number of nitrogens with zero attached hydrogens (tertiary/aromatic N) is 4. The number of benzene rings is 5. The van der Waals surface area contributed by atoms with Gasteiger partial charge in [-0.2, -0.15) is 0 Å². The Morgan fingerprint density at radius 2 is 1.33 bits per heavy atom. The summed E-state index contributed by atoms with van der Waals surface area (Å²) in [5.41, 5.74) is 3.95. The Bertz CT molecular complexity index is 1970. The smallest absolute Gasteiger partial charge is 0.421 e. The Kier molecular flexibility index (Phi) is 8.01. The van der Waals surface area contributed by atoms with Crippen LogP contribution in [0.15, 0.2) is 152 Å². The molecule has 0 atom stereocenters. The third-order valence-electron chi connectivity index (χ3n) is 7.90. The Morgan fingerprint density at radius 1 is 0.761 bits per heavy atom. The first-order valence-electron chi connectivity index (χ1n) is 14.8. The Labute approximate surface area is 271 Å². The number of aromatic nitrogens is 3. The van der Waals surface area contributed by atoms with Crippen LogP contribution >= 0.6 is 11.3 Å². The zero-order valence-corrected chi connectivity index (χ0v) is 25.9. The minimum atomic E-state index is -0.725. The number of imidazole rings is 1. The summed E-state index contributed by atoms with van der Waals surface area (Å²) in [5.74, 6) is 1.17. The van der Waals surface area contributed by atoms with Crippen LogP contribution in [-0.4, -0.2) is 27.7 Å². The minimum Gasteiger partial charge on any atom is -0.497 e. The molecule has 7 rings (SSSR count). The first-order chi connectivity index (χ1) is 22.6. The number of anilines is 1. The lowest BCUT2D eigenvalue weighted by Crippen LogP contribution is -2.37. The van der Waals surface area contributed by atoms with Crippen molar-refractivity contribution in [2.45, 2.75) is 12.1 Å². The highest BCUT2D eigenvalue weighted by molar-refractivity contribution is 7.22. The second-order valence-electron chi connectivity index (χ2n) is 10.7. The van der Waals surface area contributed by atoms with E-state index in [4.69, 9.17) is 19.4 Å². The summed E-state index contributed by atoms with van der Waals surface area (Å²) in [6, 6.07) is 45.9. The van der Waals surface area contributed by atoms with Crippen molar-refractivity contribution in [1.29, 1.82) is 0 Å². The van der Waals surface area contributed by atoms with E-state index in [9.17, 15) is 4.79 Å². The van der Waals surface area contributed by atoms with E-state index in [2.05, 4.69) is 77.4 Å². The van der Waals surface area contributed by atoms with Gasteiger partial charge in [0.15, 0.2) is 5.13 Å². The number of rotatable bonds is 9. The second kappa shape index (κ2) is 12.7. The molecule has 0 saturated carbocycles. The molecule has 2 aromatic heterocycles. The highest BCUT2D eigenvalue weighted by Gasteiger charge is 2.38. The molecule has 1 amide bonds. The van der Waals surface area contributed by atoms with E-state index >= 15 is 0 Å². The first kappa shape index (κ1) is 29.0. The van der Waals surface area contributed by atoms with Gasteiger partial charge in [-0.15, -0.1) is 0 Å². The summed E-state index contributed by atoms with van der Waals surface area (Å²) in [4.78, 5) is 25.0. The highest BCUT2D eigenvalue weighted by Crippen LogP contribution is 2.41. The number of methoxy groups -OCH3 is 1.